The van der Waals surface area contributed by atoms with Gasteiger partial charge in [0.2, 0.25) is 5.91 Å². The summed E-state index contributed by atoms with van der Waals surface area (Å²) in [4.78, 5) is 24.6. The van der Waals surface area contributed by atoms with Gasteiger partial charge in [-0.1, -0.05) is 0 Å². The van der Waals surface area contributed by atoms with Crippen LogP contribution in [0, 0.1) is 17.5 Å². The minimum Gasteiger partial charge on any atom is -0.370 e. The van der Waals surface area contributed by atoms with Crippen molar-refractivity contribution in [2.45, 2.75) is 0 Å². The van der Waals surface area contributed by atoms with E-state index in [0.717, 1.165) is 6.07 Å². The number of morpholine rings is 1. The lowest BCUT2D eigenvalue weighted by atomic mass is 10.2. The zero-order chi connectivity index (χ0) is 15.4. The maximum Gasteiger partial charge on any atom is 0.254 e. The van der Waals surface area contributed by atoms with Crippen molar-refractivity contribution >= 4 is 11.8 Å². The van der Waals surface area contributed by atoms with Crippen molar-refractivity contribution in [3.63, 3.8) is 0 Å². The van der Waals surface area contributed by atoms with E-state index in [4.69, 9.17) is 4.74 Å². The molecule has 1 heterocycles. The zero-order valence-electron chi connectivity index (χ0n) is 11.0. The first-order valence-electron chi connectivity index (χ1n) is 6.28. The van der Waals surface area contributed by atoms with Crippen molar-refractivity contribution in [3.05, 3.63) is 35.1 Å². The highest BCUT2D eigenvalue weighted by Crippen LogP contribution is 2.14. The molecule has 1 aromatic rings. The van der Waals surface area contributed by atoms with E-state index in [1.807, 2.05) is 0 Å². The van der Waals surface area contributed by atoms with Crippen LogP contribution in [0.3, 0.4) is 0 Å². The normalized spacial score (nSPS) is 15.2. The van der Waals surface area contributed by atoms with E-state index in [0.29, 0.717) is 19.2 Å². The first kappa shape index (κ1) is 15.3. The molecule has 0 aliphatic carbocycles. The van der Waals surface area contributed by atoms with E-state index in [-0.39, 0.29) is 25.6 Å². The Morgan fingerprint density at radius 1 is 1.29 bits per heavy atom. The summed E-state index contributed by atoms with van der Waals surface area (Å²) in [6.45, 7) is 1.12. The van der Waals surface area contributed by atoms with Crippen molar-refractivity contribution < 1.29 is 27.5 Å². The van der Waals surface area contributed by atoms with Crippen LogP contribution >= 0.6 is 0 Å². The second kappa shape index (κ2) is 6.57. The molecule has 1 fully saturated rings. The van der Waals surface area contributed by atoms with Crippen molar-refractivity contribution in [2.24, 2.45) is 0 Å². The second-order valence-electron chi connectivity index (χ2n) is 4.41. The van der Waals surface area contributed by atoms with Gasteiger partial charge in [-0.2, -0.15) is 0 Å². The van der Waals surface area contributed by atoms with Crippen LogP contribution < -0.4 is 5.32 Å². The van der Waals surface area contributed by atoms with Gasteiger partial charge < -0.3 is 15.0 Å². The van der Waals surface area contributed by atoms with E-state index in [2.05, 4.69) is 5.32 Å². The molecule has 1 aliphatic heterocycles. The molecule has 1 N–H and O–H groups in total. The Hall–Kier alpha value is -2.09. The van der Waals surface area contributed by atoms with E-state index in [9.17, 15) is 22.8 Å². The number of benzene rings is 1. The van der Waals surface area contributed by atoms with E-state index >= 15 is 0 Å². The van der Waals surface area contributed by atoms with Gasteiger partial charge in [-0.05, 0) is 12.1 Å². The van der Waals surface area contributed by atoms with Crippen LogP contribution in [0.25, 0.3) is 0 Å². The highest BCUT2D eigenvalue weighted by molar-refractivity contribution is 5.94. The van der Waals surface area contributed by atoms with Gasteiger partial charge in [0.1, 0.15) is 6.61 Å². The summed E-state index contributed by atoms with van der Waals surface area (Å²) < 4.78 is 44.1. The molecule has 8 heteroatoms. The lowest BCUT2D eigenvalue weighted by molar-refractivity contribution is -0.142. The van der Waals surface area contributed by atoms with E-state index in [1.54, 1.807) is 0 Å². The van der Waals surface area contributed by atoms with Crippen LogP contribution in [-0.4, -0.2) is 49.6 Å². The van der Waals surface area contributed by atoms with Crippen LogP contribution in [0.2, 0.25) is 0 Å². The molecule has 0 aromatic heterocycles. The maximum atomic E-state index is 13.4. The van der Waals surface area contributed by atoms with Gasteiger partial charge in [-0.25, -0.2) is 13.2 Å². The average molecular weight is 302 g/mol. The fourth-order valence-electron chi connectivity index (χ4n) is 1.89. The van der Waals surface area contributed by atoms with Crippen molar-refractivity contribution in [1.82, 2.24) is 10.2 Å². The highest BCUT2D eigenvalue weighted by Gasteiger charge is 2.20. The summed E-state index contributed by atoms with van der Waals surface area (Å²) in [6, 6.07) is 1.54. The number of nitrogens with zero attached hydrogens (tertiary/aromatic N) is 1. The van der Waals surface area contributed by atoms with Gasteiger partial charge in [0.25, 0.3) is 5.91 Å². The molecule has 1 aliphatic rings. The average Bonchev–Trinajstić information content (AvgIpc) is 2.47. The molecule has 0 radical (unpaired) electrons. The summed E-state index contributed by atoms with van der Waals surface area (Å²) in [7, 11) is 0. The van der Waals surface area contributed by atoms with Crippen LogP contribution in [0.15, 0.2) is 12.1 Å². The number of carbonyl (C=O) groups is 2. The van der Waals surface area contributed by atoms with Gasteiger partial charge in [-0.3, -0.25) is 9.59 Å². The number of rotatable bonds is 4. The first-order chi connectivity index (χ1) is 10.0. The number of hydrogen-bond donors (Lipinski definition) is 1. The molecule has 5 nitrogen and oxygen atoms in total. The Balaban J connectivity index is 1.90. The Morgan fingerprint density at radius 2 is 2.05 bits per heavy atom. The smallest absolute Gasteiger partial charge is 0.254 e. The number of carbonyl (C=O) groups excluding carboxylic acids is 2. The Bertz CT molecular complexity index is 566. The topological polar surface area (TPSA) is 58.6 Å². The molecular weight excluding hydrogens is 289 g/mol. The maximum absolute atomic E-state index is 13.4. The molecule has 0 unspecified atom stereocenters. The third-order valence-corrected chi connectivity index (χ3v) is 3.03. The zero-order valence-corrected chi connectivity index (χ0v) is 11.0. The summed E-state index contributed by atoms with van der Waals surface area (Å²) in [6.07, 6.45) is 0. The molecule has 1 saturated heterocycles. The molecule has 0 atom stereocenters. The van der Waals surface area contributed by atoms with Gasteiger partial charge in [-0.15, -0.1) is 0 Å². The van der Waals surface area contributed by atoms with Gasteiger partial charge >= 0.3 is 0 Å². The largest absolute Gasteiger partial charge is 0.370 e. The van der Waals surface area contributed by atoms with Crippen molar-refractivity contribution in [1.29, 1.82) is 0 Å². The predicted octanol–water partition coefficient (Wildman–Crippen LogP) is 0.693. The molecule has 1 aromatic carbocycles. The SMILES string of the molecule is O=C(NCCN1CCOCC1=O)c1ccc(F)c(F)c1F. The van der Waals surface area contributed by atoms with E-state index in [1.165, 1.54) is 4.90 Å². The van der Waals surface area contributed by atoms with Crippen molar-refractivity contribution in [3.8, 4) is 0 Å². The standard InChI is InChI=1S/C13H13F3N2O3/c14-9-2-1-8(11(15)12(9)16)13(20)17-3-4-18-5-6-21-7-10(18)19/h1-2H,3-7H2,(H,17,20). The van der Waals surface area contributed by atoms with Gasteiger partial charge in [0.15, 0.2) is 17.5 Å². The predicted molar refractivity (Wildman–Crippen MR) is 66.0 cm³/mol. The molecule has 0 saturated carbocycles. The molecule has 2 amide bonds. The summed E-state index contributed by atoms with van der Waals surface area (Å²) >= 11 is 0. The van der Waals surface area contributed by atoms with Gasteiger partial charge in [0.05, 0.1) is 12.2 Å². The minimum absolute atomic E-state index is 0.00819. The summed E-state index contributed by atoms with van der Waals surface area (Å²) in [5.41, 5.74) is -0.581. The molecule has 2 rings (SSSR count). The quantitative estimate of drug-likeness (QED) is 0.833. The molecule has 0 bridgehead atoms. The van der Waals surface area contributed by atoms with Crippen LogP contribution in [0.1, 0.15) is 10.4 Å². The fraction of sp³-hybridized carbons (Fsp3) is 0.385. The second-order valence-corrected chi connectivity index (χ2v) is 4.41. The van der Waals surface area contributed by atoms with Crippen LogP contribution in [0.5, 0.6) is 0 Å². The number of ether oxygens (including phenoxy) is 1. The first-order valence-corrected chi connectivity index (χ1v) is 6.28. The number of nitrogens with one attached hydrogen (secondary N) is 1. The third-order valence-electron chi connectivity index (χ3n) is 3.03. The summed E-state index contributed by atoms with van der Waals surface area (Å²) in [5.74, 6) is -5.65. The van der Waals surface area contributed by atoms with Gasteiger partial charge in [0, 0.05) is 19.6 Å². The van der Waals surface area contributed by atoms with E-state index < -0.39 is 28.9 Å². The number of halogens is 3. The summed E-state index contributed by atoms with van der Waals surface area (Å²) in [5, 5.41) is 2.35. The number of amides is 2. The lowest BCUT2D eigenvalue weighted by Gasteiger charge is -2.26. The highest BCUT2D eigenvalue weighted by atomic mass is 19.2. The monoisotopic (exact) mass is 302 g/mol. The fourth-order valence-corrected chi connectivity index (χ4v) is 1.89. The Labute approximate surface area is 118 Å². The molecule has 0 spiro atoms. The number of hydrogen-bond acceptors (Lipinski definition) is 3. The third kappa shape index (κ3) is 3.52. The molecule has 21 heavy (non-hydrogen) atoms. The minimum atomic E-state index is -1.69. The van der Waals surface area contributed by atoms with Crippen LogP contribution in [-0.2, 0) is 9.53 Å². The molecular formula is C13H13F3N2O3. The Kier molecular flexibility index (Phi) is 4.79. The lowest BCUT2D eigenvalue weighted by Crippen LogP contribution is -2.45. The Morgan fingerprint density at radius 3 is 2.76 bits per heavy atom. The molecule has 114 valence electrons. The van der Waals surface area contributed by atoms with Crippen molar-refractivity contribution in [2.75, 3.05) is 32.8 Å². The van der Waals surface area contributed by atoms with Crippen LogP contribution in [0.4, 0.5) is 13.2 Å².